The van der Waals surface area contributed by atoms with Crippen molar-refractivity contribution in [3.8, 4) is 10.7 Å². The highest BCUT2D eigenvalue weighted by Crippen LogP contribution is 2.22. The molecule has 6 heteroatoms. The van der Waals surface area contributed by atoms with Crippen LogP contribution < -0.4 is 0 Å². The highest BCUT2D eigenvalue weighted by Gasteiger charge is 2.11. The van der Waals surface area contributed by atoms with Crippen LogP contribution in [0.4, 0.5) is 4.39 Å². The zero-order valence-electron chi connectivity index (χ0n) is 6.85. The van der Waals surface area contributed by atoms with Crippen LogP contribution in [-0.2, 0) is 0 Å². The summed E-state index contributed by atoms with van der Waals surface area (Å²) < 4.78 is 13.2. The average Bonchev–Trinajstić information content (AvgIpc) is 2.67. The molecule has 0 fully saturated rings. The molecule has 0 aliphatic carbocycles. The van der Waals surface area contributed by atoms with Gasteiger partial charge < -0.3 is 0 Å². The molecular weight excluding hydrogens is 205 g/mol. The molecule has 0 spiro atoms. The summed E-state index contributed by atoms with van der Waals surface area (Å²) in [5.41, 5.74) is 0.123. The molecule has 0 aliphatic rings. The maximum atomic E-state index is 13.2. The third kappa shape index (κ3) is 1.51. The van der Waals surface area contributed by atoms with E-state index in [1.54, 1.807) is 0 Å². The fourth-order valence-electron chi connectivity index (χ4n) is 0.921. The summed E-state index contributed by atoms with van der Waals surface area (Å²) in [5.74, 6) is -0.471. The molecule has 2 heterocycles. The first-order valence-corrected chi connectivity index (χ1v) is 4.52. The number of aldehydes is 1. The monoisotopic (exact) mass is 209 g/mol. The Bertz CT molecular complexity index is 471. The molecule has 0 saturated heterocycles. The van der Waals surface area contributed by atoms with Crippen molar-refractivity contribution in [3.63, 3.8) is 0 Å². The van der Waals surface area contributed by atoms with E-state index in [1.807, 2.05) is 0 Å². The SMILES string of the molecule is O=Cc1nnc(-c2ncccc2F)s1. The number of halogens is 1. The van der Waals surface area contributed by atoms with Crippen LogP contribution in [0.1, 0.15) is 9.80 Å². The Hall–Kier alpha value is -1.69. The Morgan fingerprint density at radius 2 is 2.29 bits per heavy atom. The van der Waals surface area contributed by atoms with E-state index in [0.29, 0.717) is 11.3 Å². The molecule has 2 aromatic heterocycles. The van der Waals surface area contributed by atoms with Gasteiger partial charge in [0.05, 0.1) is 0 Å². The van der Waals surface area contributed by atoms with Crippen LogP contribution in [0.2, 0.25) is 0 Å². The molecular formula is C8H4FN3OS. The highest BCUT2D eigenvalue weighted by atomic mass is 32.1. The standard InChI is InChI=1S/C8H4FN3OS/c9-5-2-1-3-10-7(5)8-12-11-6(4-13)14-8/h1-4H. The summed E-state index contributed by atoms with van der Waals surface area (Å²) in [6.45, 7) is 0. The Morgan fingerprint density at radius 1 is 1.43 bits per heavy atom. The molecule has 70 valence electrons. The van der Waals surface area contributed by atoms with E-state index in [9.17, 15) is 9.18 Å². The number of carbonyl (C=O) groups is 1. The molecule has 14 heavy (non-hydrogen) atoms. The van der Waals surface area contributed by atoms with E-state index < -0.39 is 5.82 Å². The van der Waals surface area contributed by atoms with Gasteiger partial charge in [-0.1, -0.05) is 11.3 Å². The minimum Gasteiger partial charge on any atom is -0.295 e. The third-order valence-corrected chi connectivity index (χ3v) is 2.36. The summed E-state index contributed by atoms with van der Waals surface area (Å²) in [7, 11) is 0. The van der Waals surface area contributed by atoms with E-state index in [0.717, 1.165) is 11.3 Å². The molecule has 0 unspecified atom stereocenters. The van der Waals surface area contributed by atoms with E-state index >= 15 is 0 Å². The molecule has 2 rings (SSSR count). The maximum absolute atomic E-state index is 13.2. The van der Waals surface area contributed by atoms with Crippen molar-refractivity contribution in [2.75, 3.05) is 0 Å². The fraction of sp³-hybridized carbons (Fsp3) is 0. The Morgan fingerprint density at radius 3 is 2.93 bits per heavy atom. The van der Waals surface area contributed by atoms with Crippen LogP contribution in [0.5, 0.6) is 0 Å². The summed E-state index contributed by atoms with van der Waals surface area (Å²) in [5, 5.41) is 7.72. The summed E-state index contributed by atoms with van der Waals surface area (Å²) in [6, 6.07) is 2.77. The molecule has 2 aromatic rings. The van der Waals surface area contributed by atoms with Gasteiger partial charge >= 0.3 is 0 Å². The van der Waals surface area contributed by atoms with E-state index in [4.69, 9.17) is 0 Å². The van der Waals surface area contributed by atoms with Gasteiger partial charge in [-0.3, -0.25) is 9.78 Å². The lowest BCUT2D eigenvalue weighted by Crippen LogP contribution is -1.86. The van der Waals surface area contributed by atoms with Crippen molar-refractivity contribution < 1.29 is 9.18 Å². The van der Waals surface area contributed by atoms with Gasteiger partial charge in [0, 0.05) is 6.20 Å². The quantitative estimate of drug-likeness (QED) is 0.704. The molecule has 0 N–H and O–H groups in total. The van der Waals surface area contributed by atoms with Gasteiger partial charge in [-0.25, -0.2) is 4.39 Å². The van der Waals surface area contributed by atoms with Crippen LogP contribution in [0.15, 0.2) is 18.3 Å². The third-order valence-electron chi connectivity index (χ3n) is 1.50. The van der Waals surface area contributed by atoms with Crippen molar-refractivity contribution in [2.45, 2.75) is 0 Å². The first-order chi connectivity index (χ1) is 6.81. The molecule has 0 saturated carbocycles. The molecule has 0 atom stereocenters. The van der Waals surface area contributed by atoms with Crippen LogP contribution in [0, 0.1) is 5.82 Å². The number of pyridine rings is 1. The van der Waals surface area contributed by atoms with Gasteiger partial charge in [-0.05, 0) is 12.1 Å². The minimum absolute atomic E-state index is 0.123. The summed E-state index contributed by atoms with van der Waals surface area (Å²) in [6.07, 6.45) is 2.03. The van der Waals surface area contributed by atoms with Crippen LogP contribution in [0.3, 0.4) is 0 Å². The molecule has 0 bridgehead atoms. The van der Waals surface area contributed by atoms with Gasteiger partial charge in [0.25, 0.3) is 0 Å². The van der Waals surface area contributed by atoms with Crippen LogP contribution >= 0.6 is 11.3 Å². The highest BCUT2D eigenvalue weighted by molar-refractivity contribution is 7.16. The van der Waals surface area contributed by atoms with Crippen molar-refractivity contribution >= 4 is 17.6 Å². The predicted molar refractivity (Wildman–Crippen MR) is 48.5 cm³/mol. The second-order valence-electron chi connectivity index (χ2n) is 2.40. The number of aromatic nitrogens is 3. The second-order valence-corrected chi connectivity index (χ2v) is 3.41. The maximum Gasteiger partial charge on any atom is 0.180 e. The lowest BCUT2D eigenvalue weighted by Gasteiger charge is -1.93. The lowest BCUT2D eigenvalue weighted by molar-refractivity contribution is 0.112. The molecule has 0 amide bonds. The lowest BCUT2D eigenvalue weighted by atomic mass is 10.3. The van der Waals surface area contributed by atoms with Crippen molar-refractivity contribution in [2.24, 2.45) is 0 Å². The summed E-state index contributed by atoms with van der Waals surface area (Å²) in [4.78, 5) is 14.1. The normalized spacial score (nSPS) is 10.1. The Balaban J connectivity index is 2.49. The summed E-state index contributed by atoms with van der Waals surface area (Å²) >= 11 is 1.01. The smallest absolute Gasteiger partial charge is 0.180 e. The average molecular weight is 209 g/mol. The fourth-order valence-corrected chi connectivity index (χ4v) is 1.58. The van der Waals surface area contributed by atoms with E-state index in [-0.39, 0.29) is 10.7 Å². The number of rotatable bonds is 2. The van der Waals surface area contributed by atoms with E-state index in [2.05, 4.69) is 15.2 Å². The Labute approximate surface area is 82.4 Å². The van der Waals surface area contributed by atoms with Gasteiger partial charge in [0.15, 0.2) is 22.1 Å². The molecule has 4 nitrogen and oxygen atoms in total. The zero-order valence-corrected chi connectivity index (χ0v) is 7.66. The Kier molecular flexibility index (Phi) is 2.28. The predicted octanol–water partition coefficient (Wildman–Crippen LogP) is 1.55. The topological polar surface area (TPSA) is 55.7 Å². The van der Waals surface area contributed by atoms with Gasteiger partial charge in [0.2, 0.25) is 0 Å². The van der Waals surface area contributed by atoms with Crippen molar-refractivity contribution in [1.29, 1.82) is 0 Å². The second kappa shape index (κ2) is 3.59. The van der Waals surface area contributed by atoms with Crippen LogP contribution in [0.25, 0.3) is 10.7 Å². The largest absolute Gasteiger partial charge is 0.295 e. The van der Waals surface area contributed by atoms with Gasteiger partial charge in [-0.2, -0.15) is 0 Å². The number of hydrogen-bond donors (Lipinski definition) is 0. The number of carbonyl (C=O) groups excluding carboxylic acids is 1. The van der Waals surface area contributed by atoms with E-state index in [1.165, 1.54) is 18.3 Å². The number of hydrogen-bond acceptors (Lipinski definition) is 5. The zero-order chi connectivity index (χ0) is 9.97. The molecule has 0 aromatic carbocycles. The minimum atomic E-state index is -0.471. The first kappa shape index (κ1) is 8.89. The van der Waals surface area contributed by atoms with Gasteiger partial charge in [-0.15, -0.1) is 10.2 Å². The number of nitrogens with zero attached hydrogens (tertiary/aromatic N) is 3. The van der Waals surface area contributed by atoms with Crippen molar-refractivity contribution in [1.82, 2.24) is 15.2 Å². The molecule has 0 aliphatic heterocycles. The van der Waals surface area contributed by atoms with Crippen LogP contribution in [-0.4, -0.2) is 21.5 Å². The first-order valence-electron chi connectivity index (χ1n) is 3.71. The molecule has 0 radical (unpaired) electrons. The van der Waals surface area contributed by atoms with Gasteiger partial charge in [0.1, 0.15) is 5.69 Å². The van der Waals surface area contributed by atoms with Crippen molar-refractivity contribution in [3.05, 3.63) is 29.2 Å².